The molecule has 14 heavy (non-hydrogen) atoms. The number of esters is 1. The first-order chi connectivity index (χ1) is 6.79. The van der Waals surface area contributed by atoms with Gasteiger partial charge in [0.25, 0.3) is 0 Å². The van der Waals surface area contributed by atoms with Crippen LogP contribution in [0.25, 0.3) is 0 Å². The van der Waals surface area contributed by atoms with Crippen molar-refractivity contribution < 1.29 is 9.53 Å². The molecule has 0 spiro atoms. The van der Waals surface area contributed by atoms with Crippen molar-refractivity contribution >= 4 is 5.97 Å². The molecule has 4 heteroatoms. The molecule has 1 aliphatic heterocycles. The molecule has 2 unspecified atom stereocenters. The summed E-state index contributed by atoms with van der Waals surface area (Å²) in [5, 5.41) is 12.1. The predicted molar refractivity (Wildman–Crippen MR) is 51.3 cm³/mol. The van der Waals surface area contributed by atoms with Crippen molar-refractivity contribution in [1.82, 2.24) is 5.32 Å². The monoisotopic (exact) mass is 196 g/mol. The van der Waals surface area contributed by atoms with Crippen LogP contribution < -0.4 is 5.32 Å². The van der Waals surface area contributed by atoms with Crippen molar-refractivity contribution in [2.24, 2.45) is 11.8 Å². The van der Waals surface area contributed by atoms with Crippen molar-refractivity contribution in [3.05, 3.63) is 0 Å². The number of ether oxygens (including phenoxy) is 1. The first-order valence-corrected chi connectivity index (χ1v) is 5.06. The number of piperidine rings is 1. The Hall–Kier alpha value is -1.08. The van der Waals surface area contributed by atoms with Crippen LogP contribution in [0.4, 0.5) is 0 Å². The Morgan fingerprint density at radius 2 is 2.57 bits per heavy atom. The standard InChI is InChI=1S/C10H16N2O2/c1-2-14-10(13)9(6-11)8-4-3-5-12-7-8/h8-9,12H,2-5,7H2,1H3. The predicted octanol–water partition coefficient (Wildman–Crippen LogP) is 0.689. The van der Waals surface area contributed by atoms with E-state index in [0.29, 0.717) is 6.61 Å². The number of nitrogens with one attached hydrogen (secondary N) is 1. The lowest BCUT2D eigenvalue weighted by atomic mass is 9.87. The summed E-state index contributed by atoms with van der Waals surface area (Å²) >= 11 is 0. The molecule has 0 aromatic heterocycles. The number of hydrogen-bond donors (Lipinski definition) is 1. The molecule has 1 N–H and O–H groups in total. The van der Waals surface area contributed by atoms with Gasteiger partial charge in [-0.05, 0) is 38.8 Å². The highest BCUT2D eigenvalue weighted by Gasteiger charge is 2.30. The molecule has 0 amide bonds. The molecule has 1 fully saturated rings. The molecule has 1 saturated heterocycles. The highest BCUT2D eigenvalue weighted by Crippen LogP contribution is 2.20. The van der Waals surface area contributed by atoms with Crippen molar-refractivity contribution in [1.29, 1.82) is 5.26 Å². The van der Waals surface area contributed by atoms with E-state index in [-0.39, 0.29) is 11.9 Å². The second-order valence-electron chi connectivity index (χ2n) is 3.47. The van der Waals surface area contributed by atoms with Crippen LogP contribution in [-0.4, -0.2) is 25.7 Å². The normalized spacial score (nSPS) is 23.6. The molecule has 4 nitrogen and oxygen atoms in total. The van der Waals surface area contributed by atoms with Crippen LogP contribution in [-0.2, 0) is 9.53 Å². The minimum atomic E-state index is -0.595. The van der Waals surface area contributed by atoms with E-state index in [1.54, 1.807) is 6.92 Å². The molecule has 0 aromatic carbocycles. The molecule has 2 atom stereocenters. The minimum absolute atomic E-state index is 0.118. The topological polar surface area (TPSA) is 62.1 Å². The van der Waals surface area contributed by atoms with Crippen LogP contribution in [0.5, 0.6) is 0 Å². The largest absolute Gasteiger partial charge is 0.465 e. The number of rotatable bonds is 3. The second kappa shape index (κ2) is 5.61. The second-order valence-corrected chi connectivity index (χ2v) is 3.47. The van der Waals surface area contributed by atoms with Gasteiger partial charge in [0.2, 0.25) is 0 Å². The number of hydrogen-bond acceptors (Lipinski definition) is 4. The summed E-state index contributed by atoms with van der Waals surface area (Å²) < 4.78 is 4.86. The zero-order valence-corrected chi connectivity index (χ0v) is 8.45. The molecule has 78 valence electrons. The van der Waals surface area contributed by atoms with Crippen molar-refractivity contribution in [3.8, 4) is 6.07 Å². The summed E-state index contributed by atoms with van der Waals surface area (Å²) in [6.07, 6.45) is 1.96. The number of carbonyl (C=O) groups is 1. The summed E-state index contributed by atoms with van der Waals surface area (Å²) in [4.78, 5) is 11.4. The third-order valence-corrected chi connectivity index (χ3v) is 2.49. The summed E-state index contributed by atoms with van der Waals surface area (Å²) in [7, 11) is 0. The van der Waals surface area contributed by atoms with Gasteiger partial charge < -0.3 is 10.1 Å². The SMILES string of the molecule is CCOC(=O)C(C#N)C1CCCNC1. The van der Waals surface area contributed by atoms with E-state index < -0.39 is 5.92 Å². The van der Waals surface area contributed by atoms with Crippen molar-refractivity contribution in [2.75, 3.05) is 19.7 Å². The van der Waals surface area contributed by atoms with E-state index >= 15 is 0 Å². The third-order valence-electron chi connectivity index (χ3n) is 2.49. The zero-order valence-electron chi connectivity index (χ0n) is 8.45. The molecule has 0 aliphatic carbocycles. The third kappa shape index (κ3) is 2.71. The molecule has 1 heterocycles. The van der Waals surface area contributed by atoms with Crippen LogP contribution in [0.15, 0.2) is 0 Å². The molecule has 0 radical (unpaired) electrons. The van der Waals surface area contributed by atoms with Crippen LogP contribution in [0.2, 0.25) is 0 Å². The van der Waals surface area contributed by atoms with Gasteiger partial charge in [0.15, 0.2) is 0 Å². The average molecular weight is 196 g/mol. The highest BCUT2D eigenvalue weighted by atomic mass is 16.5. The van der Waals surface area contributed by atoms with Gasteiger partial charge in [-0.25, -0.2) is 0 Å². The number of carbonyl (C=O) groups excluding carboxylic acids is 1. The summed E-state index contributed by atoms with van der Waals surface area (Å²) in [5.74, 6) is -0.848. The zero-order chi connectivity index (χ0) is 10.4. The fourth-order valence-corrected chi connectivity index (χ4v) is 1.75. The first kappa shape index (κ1) is 11.0. The van der Waals surface area contributed by atoms with Gasteiger partial charge in [-0.3, -0.25) is 4.79 Å². The van der Waals surface area contributed by atoms with Crippen LogP contribution in [0.1, 0.15) is 19.8 Å². The van der Waals surface area contributed by atoms with Gasteiger partial charge >= 0.3 is 5.97 Å². The summed E-state index contributed by atoms with van der Waals surface area (Å²) in [6, 6.07) is 2.04. The Morgan fingerprint density at radius 3 is 3.07 bits per heavy atom. The fourth-order valence-electron chi connectivity index (χ4n) is 1.75. The lowest BCUT2D eigenvalue weighted by molar-refractivity contribution is -0.147. The molecular formula is C10H16N2O2. The maximum atomic E-state index is 11.4. The van der Waals surface area contributed by atoms with E-state index in [0.717, 1.165) is 25.9 Å². The Bertz CT molecular complexity index is 229. The smallest absolute Gasteiger partial charge is 0.323 e. The molecular weight excluding hydrogens is 180 g/mol. The fraction of sp³-hybridized carbons (Fsp3) is 0.800. The van der Waals surface area contributed by atoms with Crippen molar-refractivity contribution in [2.45, 2.75) is 19.8 Å². The number of nitrogens with zero attached hydrogens (tertiary/aromatic N) is 1. The van der Waals surface area contributed by atoms with E-state index in [1.165, 1.54) is 0 Å². The van der Waals surface area contributed by atoms with Gasteiger partial charge in [-0.2, -0.15) is 5.26 Å². The molecule has 0 bridgehead atoms. The first-order valence-electron chi connectivity index (χ1n) is 5.06. The average Bonchev–Trinajstić information content (AvgIpc) is 2.21. The van der Waals surface area contributed by atoms with E-state index in [1.807, 2.05) is 6.07 Å². The van der Waals surface area contributed by atoms with Crippen molar-refractivity contribution in [3.63, 3.8) is 0 Å². The molecule has 0 saturated carbocycles. The van der Waals surface area contributed by atoms with E-state index in [9.17, 15) is 4.79 Å². The Labute approximate surface area is 84.2 Å². The maximum Gasteiger partial charge on any atom is 0.323 e. The number of nitriles is 1. The van der Waals surface area contributed by atoms with Crippen LogP contribution in [0.3, 0.4) is 0 Å². The highest BCUT2D eigenvalue weighted by molar-refractivity contribution is 5.75. The van der Waals surface area contributed by atoms with Gasteiger partial charge in [-0.1, -0.05) is 0 Å². The molecule has 1 aliphatic rings. The molecule has 1 rings (SSSR count). The van der Waals surface area contributed by atoms with Crippen LogP contribution in [0, 0.1) is 23.2 Å². The Morgan fingerprint density at radius 1 is 1.79 bits per heavy atom. The van der Waals surface area contributed by atoms with E-state index in [2.05, 4.69) is 5.32 Å². The Balaban J connectivity index is 2.52. The summed E-state index contributed by atoms with van der Waals surface area (Å²) in [5.41, 5.74) is 0. The quantitative estimate of drug-likeness (QED) is 0.674. The van der Waals surface area contributed by atoms with Crippen LogP contribution >= 0.6 is 0 Å². The lowest BCUT2D eigenvalue weighted by Gasteiger charge is -2.25. The van der Waals surface area contributed by atoms with Gasteiger partial charge in [-0.15, -0.1) is 0 Å². The minimum Gasteiger partial charge on any atom is -0.465 e. The lowest BCUT2D eigenvalue weighted by Crippen LogP contribution is -2.37. The maximum absolute atomic E-state index is 11.4. The van der Waals surface area contributed by atoms with Gasteiger partial charge in [0.1, 0.15) is 5.92 Å². The summed E-state index contributed by atoms with van der Waals surface area (Å²) in [6.45, 7) is 3.83. The van der Waals surface area contributed by atoms with Gasteiger partial charge in [0, 0.05) is 0 Å². The Kier molecular flexibility index (Phi) is 4.41. The van der Waals surface area contributed by atoms with E-state index in [4.69, 9.17) is 10.00 Å². The van der Waals surface area contributed by atoms with Gasteiger partial charge in [0.05, 0.1) is 12.7 Å². The molecule has 0 aromatic rings.